The average molecular weight is 434 g/mol. The van der Waals surface area contributed by atoms with E-state index in [2.05, 4.69) is 29.6 Å². The quantitative estimate of drug-likeness (QED) is 0.603. The molecule has 0 unspecified atom stereocenters. The SMILES string of the molecule is O=C(NC1CCC(O)CC1)C1(Cc2ccccc2-c2coc3ccccc23)CCOCC1. The largest absolute Gasteiger partial charge is 0.464 e. The summed E-state index contributed by atoms with van der Waals surface area (Å²) in [7, 11) is 0. The third kappa shape index (κ3) is 4.19. The Morgan fingerprint density at radius 3 is 2.50 bits per heavy atom. The smallest absolute Gasteiger partial charge is 0.226 e. The maximum Gasteiger partial charge on any atom is 0.226 e. The Hall–Kier alpha value is -2.63. The predicted molar refractivity (Wildman–Crippen MR) is 124 cm³/mol. The molecule has 5 heteroatoms. The molecule has 5 nitrogen and oxygen atoms in total. The molecule has 2 aliphatic rings. The van der Waals surface area contributed by atoms with Crippen molar-refractivity contribution in [2.75, 3.05) is 13.2 Å². The molecule has 2 aromatic carbocycles. The van der Waals surface area contributed by atoms with Gasteiger partial charge in [-0.1, -0.05) is 42.5 Å². The molecule has 1 saturated heterocycles. The maximum atomic E-state index is 13.6. The molecule has 168 valence electrons. The molecule has 2 N–H and O–H groups in total. The lowest BCUT2D eigenvalue weighted by molar-refractivity contribution is -0.137. The third-order valence-corrected chi connectivity index (χ3v) is 7.28. The van der Waals surface area contributed by atoms with Crippen LogP contribution in [-0.2, 0) is 16.0 Å². The van der Waals surface area contributed by atoms with E-state index < -0.39 is 5.41 Å². The molecule has 0 bridgehead atoms. The number of para-hydroxylation sites is 1. The van der Waals surface area contributed by atoms with Gasteiger partial charge < -0.3 is 19.6 Å². The maximum absolute atomic E-state index is 13.6. The minimum absolute atomic E-state index is 0.133. The normalized spacial score (nSPS) is 23.2. The number of fused-ring (bicyclic) bond motifs is 1. The molecule has 1 aromatic heterocycles. The number of furan rings is 1. The first-order chi connectivity index (χ1) is 15.6. The number of carbonyl (C=O) groups excluding carboxylic acids is 1. The minimum atomic E-state index is -0.482. The van der Waals surface area contributed by atoms with Crippen molar-refractivity contribution in [2.24, 2.45) is 5.41 Å². The zero-order chi connectivity index (χ0) is 22.0. The number of rotatable bonds is 5. The van der Waals surface area contributed by atoms with Crippen molar-refractivity contribution >= 4 is 16.9 Å². The van der Waals surface area contributed by atoms with Crippen LogP contribution in [0.4, 0.5) is 0 Å². The second-order valence-corrected chi connectivity index (χ2v) is 9.35. The fourth-order valence-corrected chi connectivity index (χ4v) is 5.29. The number of benzene rings is 2. The topological polar surface area (TPSA) is 71.7 Å². The Bertz CT molecular complexity index is 1070. The first kappa shape index (κ1) is 21.2. The molecule has 2 fully saturated rings. The fraction of sp³-hybridized carbons (Fsp3) is 0.444. The molecule has 1 aliphatic heterocycles. The molecule has 0 spiro atoms. The molecule has 5 rings (SSSR count). The van der Waals surface area contributed by atoms with Crippen molar-refractivity contribution < 1.29 is 19.1 Å². The van der Waals surface area contributed by atoms with E-state index in [0.717, 1.165) is 53.3 Å². The van der Waals surface area contributed by atoms with Gasteiger partial charge in [-0.05, 0) is 62.1 Å². The summed E-state index contributed by atoms with van der Waals surface area (Å²) in [6.45, 7) is 1.21. The van der Waals surface area contributed by atoms with Crippen LogP contribution in [0.1, 0.15) is 44.1 Å². The lowest BCUT2D eigenvalue weighted by atomic mass is 9.73. The van der Waals surface area contributed by atoms with Gasteiger partial charge in [0.1, 0.15) is 5.58 Å². The first-order valence-electron chi connectivity index (χ1n) is 11.8. The Labute approximate surface area is 188 Å². The van der Waals surface area contributed by atoms with Gasteiger partial charge in [0, 0.05) is 30.2 Å². The molecule has 0 atom stereocenters. The van der Waals surface area contributed by atoms with Crippen molar-refractivity contribution in [1.29, 1.82) is 0 Å². The van der Waals surface area contributed by atoms with Crippen molar-refractivity contribution in [1.82, 2.24) is 5.32 Å². The van der Waals surface area contributed by atoms with Crippen molar-refractivity contribution in [2.45, 2.75) is 57.1 Å². The second-order valence-electron chi connectivity index (χ2n) is 9.35. The van der Waals surface area contributed by atoms with Gasteiger partial charge in [-0.3, -0.25) is 4.79 Å². The Balaban J connectivity index is 1.44. The van der Waals surface area contributed by atoms with Gasteiger partial charge in [-0.25, -0.2) is 0 Å². The highest BCUT2D eigenvalue weighted by Crippen LogP contribution is 2.40. The van der Waals surface area contributed by atoms with Crippen LogP contribution in [-0.4, -0.2) is 36.4 Å². The number of amides is 1. The molecule has 0 radical (unpaired) electrons. The van der Waals surface area contributed by atoms with Gasteiger partial charge in [0.25, 0.3) is 0 Å². The van der Waals surface area contributed by atoms with Gasteiger partial charge in [0.05, 0.1) is 17.8 Å². The van der Waals surface area contributed by atoms with Crippen molar-refractivity contribution in [3.8, 4) is 11.1 Å². The minimum Gasteiger partial charge on any atom is -0.464 e. The average Bonchev–Trinajstić information content (AvgIpc) is 3.25. The number of hydrogen-bond acceptors (Lipinski definition) is 4. The summed E-state index contributed by atoms with van der Waals surface area (Å²) in [6, 6.07) is 16.6. The van der Waals surface area contributed by atoms with Crippen molar-refractivity contribution in [3.05, 3.63) is 60.4 Å². The molecular weight excluding hydrogens is 402 g/mol. The molecule has 3 aromatic rings. The lowest BCUT2D eigenvalue weighted by Gasteiger charge is -2.38. The molecule has 2 heterocycles. The number of aliphatic hydroxyl groups excluding tert-OH is 1. The summed E-state index contributed by atoms with van der Waals surface area (Å²) >= 11 is 0. The van der Waals surface area contributed by atoms with Gasteiger partial charge in [0.15, 0.2) is 0 Å². The zero-order valence-electron chi connectivity index (χ0n) is 18.4. The van der Waals surface area contributed by atoms with Gasteiger partial charge in [-0.15, -0.1) is 0 Å². The molecule has 32 heavy (non-hydrogen) atoms. The van der Waals surface area contributed by atoms with E-state index >= 15 is 0 Å². The number of nitrogens with one attached hydrogen (secondary N) is 1. The number of aliphatic hydroxyl groups is 1. The third-order valence-electron chi connectivity index (χ3n) is 7.28. The number of carbonyl (C=O) groups is 1. The monoisotopic (exact) mass is 433 g/mol. The lowest BCUT2D eigenvalue weighted by Crippen LogP contribution is -2.50. The van der Waals surface area contributed by atoms with E-state index in [9.17, 15) is 9.90 Å². The van der Waals surface area contributed by atoms with E-state index in [0.29, 0.717) is 32.5 Å². The molecular formula is C27H31NO4. The van der Waals surface area contributed by atoms with E-state index in [1.54, 1.807) is 0 Å². The molecule has 1 saturated carbocycles. The summed E-state index contributed by atoms with van der Waals surface area (Å²) < 4.78 is 11.5. The Kier molecular flexibility index (Phi) is 6.03. The molecule has 1 aliphatic carbocycles. The van der Waals surface area contributed by atoms with Crippen LogP contribution in [0.2, 0.25) is 0 Å². The van der Waals surface area contributed by atoms with Gasteiger partial charge in [-0.2, -0.15) is 0 Å². The summed E-state index contributed by atoms with van der Waals surface area (Å²) in [5.74, 6) is 0.133. The van der Waals surface area contributed by atoms with Crippen LogP contribution in [0.15, 0.2) is 59.2 Å². The first-order valence-corrected chi connectivity index (χ1v) is 11.8. The summed E-state index contributed by atoms with van der Waals surface area (Å²) in [5, 5.41) is 14.2. The van der Waals surface area contributed by atoms with Gasteiger partial charge >= 0.3 is 0 Å². The van der Waals surface area contributed by atoms with Crippen LogP contribution in [0.3, 0.4) is 0 Å². The highest BCUT2D eigenvalue weighted by molar-refractivity contribution is 5.95. The van der Waals surface area contributed by atoms with Crippen LogP contribution >= 0.6 is 0 Å². The molecule has 1 amide bonds. The summed E-state index contributed by atoms with van der Waals surface area (Å²) in [6.07, 6.45) is 6.92. The fourth-order valence-electron chi connectivity index (χ4n) is 5.29. The Morgan fingerprint density at radius 2 is 1.69 bits per heavy atom. The van der Waals surface area contributed by atoms with Crippen LogP contribution in [0.5, 0.6) is 0 Å². The van der Waals surface area contributed by atoms with E-state index in [1.165, 1.54) is 0 Å². The second kappa shape index (κ2) is 9.08. The van der Waals surface area contributed by atoms with E-state index in [1.807, 2.05) is 30.5 Å². The summed E-state index contributed by atoms with van der Waals surface area (Å²) in [5.41, 5.74) is 3.74. The van der Waals surface area contributed by atoms with E-state index in [-0.39, 0.29) is 18.1 Å². The highest BCUT2D eigenvalue weighted by Gasteiger charge is 2.41. The van der Waals surface area contributed by atoms with Gasteiger partial charge in [0.2, 0.25) is 5.91 Å². The predicted octanol–water partition coefficient (Wildman–Crippen LogP) is 4.86. The van der Waals surface area contributed by atoms with E-state index in [4.69, 9.17) is 9.15 Å². The van der Waals surface area contributed by atoms with Crippen molar-refractivity contribution in [3.63, 3.8) is 0 Å². The van der Waals surface area contributed by atoms with Crippen LogP contribution in [0.25, 0.3) is 22.1 Å². The van der Waals surface area contributed by atoms with Crippen LogP contribution in [0, 0.1) is 5.41 Å². The zero-order valence-corrected chi connectivity index (χ0v) is 18.4. The Morgan fingerprint density at radius 1 is 0.969 bits per heavy atom. The summed E-state index contributed by atoms with van der Waals surface area (Å²) in [4.78, 5) is 13.6. The standard InChI is InChI=1S/C27H31NO4/c29-21-11-9-20(10-12-21)28-26(30)27(13-15-31-16-14-27)17-19-5-1-2-6-22(19)24-18-32-25-8-4-3-7-23(24)25/h1-8,18,20-21,29H,9-17H2,(H,28,30). The highest BCUT2D eigenvalue weighted by atomic mass is 16.5. The number of hydrogen-bond donors (Lipinski definition) is 2. The van der Waals surface area contributed by atoms with Crippen LogP contribution < -0.4 is 5.32 Å². The number of ether oxygens (including phenoxy) is 1.